The van der Waals surface area contributed by atoms with Crippen LogP contribution in [0, 0.1) is 0 Å². The maximum absolute atomic E-state index is 10.6. The summed E-state index contributed by atoms with van der Waals surface area (Å²) in [6.07, 6.45) is 0. The van der Waals surface area contributed by atoms with Gasteiger partial charge in [0.25, 0.3) is 0 Å². The minimum absolute atomic E-state index is 0.0768. The molecule has 0 saturated heterocycles. The van der Waals surface area contributed by atoms with Crippen molar-refractivity contribution < 1.29 is 9.90 Å². The molecule has 0 bridgehead atoms. The molecule has 4 nitrogen and oxygen atoms in total. The molecule has 0 atom stereocenters. The molecule has 0 radical (unpaired) electrons. The van der Waals surface area contributed by atoms with Gasteiger partial charge in [-0.15, -0.1) is 11.3 Å². The number of fused-ring (bicyclic) bond motifs is 1. The van der Waals surface area contributed by atoms with Crippen molar-refractivity contribution in [3.05, 3.63) is 23.2 Å². The highest BCUT2D eigenvalue weighted by Gasteiger charge is 2.11. The Labute approximate surface area is 77.6 Å². The molecule has 0 amide bonds. The second kappa shape index (κ2) is 2.70. The Bertz CT molecular complexity index is 478. The molecule has 1 heterocycles. The highest BCUT2D eigenvalue weighted by atomic mass is 32.1. The van der Waals surface area contributed by atoms with E-state index < -0.39 is 5.97 Å². The minimum atomic E-state index is -1.01. The van der Waals surface area contributed by atoms with E-state index in [-0.39, 0.29) is 5.01 Å². The highest BCUT2D eigenvalue weighted by Crippen LogP contribution is 2.26. The van der Waals surface area contributed by atoms with E-state index in [1.165, 1.54) is 0 Å². The van der Waals surface area contributed by atoms with Gasteiger partial charge >= 0.3 is 5.97 Å². The molecule has 2 aromatic rings. The lowest BCUT2D eigenvalue weighted by molar-refractivity contribution is 0.0696. The normalized spacial score (nSPS) is 10.5. The third-order valence-corrected chi connectivity index (χ3v) is 2.74. The van der Waals surface area contributed by atoms with Crippen LogP contribution in [0.5, 0.6) is 0 Å². The number of benzene rings is 1. The van der Waals surface area contributed by atoms with E-state index in [1.807, 2.05) is 0 Å². The first-order valence-corrected chi connectivity index (χ1v) is 4.38. The summed E-state index contributed by atoms with van der Waals surface area (Å²) < 4.78 is 0.736. The van der Waals surface area contributed by atoms with Gasteiger partial charge in [-0.25, -0.2) is 9.78 Å². The Morgan fingerprint density at radius 3 is 2.92 bits per heavy atom. The zero-order valence-electron chi connectivity index (χ0n) is 6.52. The molecule has 0 unspecified atom stereocenters. The summed E-state index contributed by atoms with van der Waals surface area (Å²) in [5.41, 5.74) is 6.86. The Kier molecular flexibility index (Phi) is 1.66. The Hall–Kier alpha value is -1.62. The third kappa shape index (κ3) is 1.23. The van der Waals surface area contributed by atoms with Gasteiger partial charge in [-0.3, -0.25) is 0 Å². The molecule has 0 aliphatic rings. The van der Waals surface area contributed by atoms with Crippen molar-refractivity contribution in [2.24, 2.45) is 0 Å². The van der Waals surface area contributed by atoms with Crippen LogP contribution in [0.25, 0.3) is 10.2 Å². The van der Waals surface area contributed by atoms with Crippen molar-refractivity contribution in [3.8, 4) is 0 Å². The molecule has 1 aromatic heterocycles. The number of carboxylic acid groups (broad SMARTS) is 1. The quantitative estimate of drug-likeness (QED) is 0.675. The predicted molar refractivity (Wildman–Crippen MR) is 51.0 cm³/mol. The number of thiazole rings is 1. The second-order valence-corrected chi connectivity index (χ2v) is 3.52. The van der Waals surface area contributed by atoms with Gasteiger partial charge in [0, 0.05) is 0 Å². The summed E-state index contributed by atoms with van der Waals surface area (Å²) in [5, 5.41) is 8.76. The summed E-state index contributed by atoms with van der Waals surface area (Å²) in [5.74, 6) is -1.01. The van der Waals surface area contributed by atoms with E-state index in [0.717, 1.165) is 16.0 Å². The maximum atomic E-state index is 10.6. The van der Waals surface area contributed by atoms with Crippen LogP contribution >= 0.6 is 11.3 Å². The van der Waals surface area contributed by atoms with Crippen molar-refractivity contribution in [1.82, 2.24) is 4.98 Å². The first kappa shape index (κ1) is 8.00. The van der Waals surface area contributed by atoms with Crippen LogP contribution in [0.2, 0.25) is 0 Å². The minimum Gasteiger partial charge on any atom is -0.476 e. The van der Waals surface area contributed by atoms with Gasteiger partial charge in [-0.05, 0) is 12.1 Å². The summed E-state index contributed by atoms with van der Waals surface area (Å²) in [6, 6.07) is 5.23. The molecule has 0 aliphatic carbocycles. The molecular formula is C8H6N2O2S. The lowest BCUT2D eigenvalue weighted by Gasteiger charge is -1.90. The molecule has 13 heavy (non-hydrogen) atoms. The zero-order chi connectivity index (χ0) is 9.42. The summed E-state index contributed by atoms with van der Waals surface area (Å²) in [6.45, 7) is 0. The lowest BCUT2D eigenvalue weighted by Crippen LogP contribution is -1.93. The molecule has 1 aromatic carbocycles. The van der Waals surface area contributed by atoms with Crippen molar-refractivity contribution in [3.63, 3.8) is 0 Å². The molecule has 0 aliphatic heterocycles. The Morgan fingerprint density at radius 1 is 1.54 bits per heavy atom. The SMILES string of the molecule is Nc1cccc2nc(C(=O)O)sc12. The number of hydrogen-bond donors (Lipinski definition) is 2. The van der Waals surface area contributed by atoms with Crippen molar-refractivity contribution in [1.29, 1.82) is 0 Å². The molecule has 66 valence electrons. The predicted octanol–water partition coefficient (Wildman–Crippen LogP) is 1.58. The fourth-order valence-electron chi connectivity index (χ4n) is 1.06. The Morgan fingerprint density at radius 2 is 2.31 bits per heavy atom. The van der Waals surface area contributed by atoms with Crippen molar-refractivity contribution in [2.75, 3.05) is 5.73 Å². The van der Waals surface area contributed by atoms with E-state index >= 15 is 0 Å². The lowest BCUT2D eigenvalue weighted by atomic mass is 10.3. The van der Waals surface area contributed by atoms with Gasteiger partial charge in [-0.1, -0.05) is 6.07 Å². The number of rotatable bonds is 1. The van der Waals surface area contributed by atoms with Crippen LogP contribution in [0.1, 0.15) is 9.80 Å². The topological polar surface area (TPSA) is 76.2 Å². The van der Waals surface area contributed by atoms with E-state index in [2.05, 4.69) is 4.98 Å². The smallest absolute Gasteiger partial charge is 0.365 e. The number of carboxylic acids is 1. The van der Waals surface area contributed by atoms with Gasteiger partial charge in [0.05, 0.1) is 15.9 Å². The highest BCUT2D eigenvalue weighted by molar-refractivity contribution is 7.20. The zero-order valence-corrected chi connectivity index (χ0v) is 7.34. The maximum Gasteiger partial charge on any atom is 0.365 e. The third-order valence-electron chi connectivity index (χ3n) is 1.63. The number of nitrogens with two attached hydrogens (primary N) is 1. The van der Waals surface area contributed by atoms with E-state index in [1.54, 1.807) is 18.2 Å². The summed E-state index contributed by atoms with van der Waals surface area (Å²) in [7, 11) is 0. The average Bonchev–Trinajstić information content (AvgIpc) is 2.49. The summed E-state index contributed by atoms with van der Waals surface area (Å²) in [4.78, 5) is 14.5. The van der Waals surface area contributed by atoms with Gasteiger partial charge in [0.1, 0.15) is 0 Å². The molecular weight excluding hydrogens is 188 g/mol. The van der Waals surface area contributed by atoms with Gasteiger partial charge < -0.3 is 10.8 Å². The fourth-order valence-corrected chi connectivity index (χ4v) is 1.89. The largest absolute Gasteiger partial charge is 0.476 e. The Balaban J connectivity index is 2.75. The molecule has 5 heteroatoms. The average molecular weight is 194 g/mol. The van der Waals surface area contributed by atoms with Gasteiger partial charge in [0.15, 0.2) is 0 Å². The van der Waals surface area contributed by atoms with Crippen LogP contribution in [-0.4, -0.2) is 16.1 Å². The first-order chi connectivity index (χ1) is 6.18. The fraction of sp³-hybridized carbons (Fsp3) is 0. The molecule has 0 spiro atoms. The number of carbonyl (C=O) groups is 1. The number of hydrogen-bond acceptors (Lipinski definition) is 4. The van der Waals surface area contributed by atoms with Crippen molar-refractivity contribution in [2.45, 2.75) is 0 Å². The number of nitrogens with zero attached hydrogens (tertiary/aromatic N) is 1. The van der Waals surface area contributed by atoms with Crippen LogP contribution in [0.4, 0.5) is 5.69 Å². The van der Waals surface area contributed by atoms with Crippen LogP contribution in [-0.2, 0) is 0 Å². The molecule has 0 saturated carbocycles. The van der Waals surface area contributed by atoms with E-state index in [4.69, 9.17) is 10.8 Å². The molecule has 2 rings (SSSR count). The number of nitrogen functional groups attached to an aromatic ring is 1. The number of aromatic carboxylic acids is 1. The molecule has 0 fully saturated rings. The van der Waals surface area contributed by atoms with Crippen molar-refractivity contribution >= 4 is 33.2 Å². The van der Waals surface area contributed by atoms with Crippen LogP contribution in [0.15, 0.2) is 18.2 Å². The van der Waals surface area contributed by atoms with E-state index in [0.29, 0.717) is 11.2 Å². The van der Waals surface area contributed by atoms with E-state index in [9.17, 15) is 4.79 Å². The molecule has 3 N–H and O–H groups in total. The first-order valence-electron chi connectivity index (χ1n) is 3.57. The summed E-state index contributed by atoms with van der Waals surface area (Å²) >= 11 is 1.10. The second-order valence-electron chi connectivity index (χ2n) is 2.52. The van der Waals surface area contributed by atoms with Gasteiger partial charge in [0.2, 0.25) is 5.01 Å². The standard InChI is InChI=1S/C8H6N2O2S/c9-4-2-1-3-5-6(4)13-7(10-5)8(11)12/h1-3H,9H2,(H,11,12). The number of anilines is 1. The number of aromatic nitrogens is 1. The monoisotopic (exact) mass is 194 g/mol. The van der Waals surface area contributed by atoms with Gasteiger partial charge in [-0.2, -0.15) is 0 Å². The van der Waals surface area contributed by atoms with Crippen LogP contribution < -0.4 is 5.73 Å². The van der Waals surface area contributed by atoms with Crippen LogP contribution in [0.3, 0.4) is 0 Å².